The largest absolute Gasteiger partial charge is 0.379 e. The smallest absolute Gasteiger partial charge is 0.251 e. The number of ether oxygens (including phenoxy) is 1. The van der Waals surface area contributed by atoms with Gasteiger partial charge in [0.05, 0.1) is 42.7 Å². The number of amides is 2. The predicted molar refractivity (Wildman–Crippen MR) is 113 cm³/mol. The van der Waals surface area contributed by atoms with E-state index in [1.54, 1.807) is 24.3 Å². The molecule has 2 heterocycles. The summed E-state index contributed by atoms with van der Waals surface area (Å²) in [5, 5.41) is 11.6. The normalized spacial score (nSPS) is 20.4. The summed E-state index contributed by atoms with van der Waals surface area (Å²) in [5.41, 5.74) is 1.97. The SMILES string of the molecule is O=C1C[C@@H](NCCN2CCOCC2)C(=O)N1c1ccc(N=Nc2ccccc2)cc1. The summed E-state index contributed by atoms with van der Waals surface area (Å²) in [4.78, 5) is 28.8. The summed E-state index contributed by atoms with van der Waals surface area (Å²) in [6.07, 6.45) is 0.178. The van der Waals surface area contributed by atoms with Gasteiger partial charge in [0, 0.05) is 26.2 Å². The van der Waals surface area contributed by atoms with Gasteiger partial charge in [-0.1, -0.05) is 18.2 Å². The first-order valence-corrected chi connectivity index (χ1v) is 10.2. The van der Waals surface area contributed by atoms with Gasteiger partial charge in [-0.25, -0.2) is 4.90 Å². The standard InChI is InChI=1S/C22H25N5O3/c28-21-16-20(23-10-11-26-12-14-30-15-13-26)22(29)27(21)19-8-6-18(7-9-19)25-24-17-4-2-1-3-5-17/h1-9,20,23H,10-16H2/t20-/m1/s1. The molecule has 0 unspecified atom stereocenters. The summed E-state index contributed by atoms with van der Waals surface area (Å²) in [7, 11) is 0. The molecule has 8 nitrogen and oxygen atoms in total. The van der Waals surface area contributed by atoms with Gasteiger partial charge in [0.1, 0.15) is 0 Å². The number of nitrogens with one attached hydrogen (secondary N) is 1. The first kappa shape index (κ1) is 20.3. The van der Waals surface area contributed by atoms with E-state index in [-0.39, 0.29) is 18.2 Å². The van der Waals surface area contributed by atoms with E-state index in [0.717, 1.165) is 38.5 Å². The fourth-order valence-electron chi connectivity index (χ4n) is 3.56. The topological polar surface area (TPSA) is 86.6 Å². The Bertz CT molecular complexity index is 895. The number of carbonyl (C=O) groups excluding carboxylic acids is 2. The molecular weight excluding hydrogens is 382 g/mol. The van der Waals surface area contributed by atoms with Crippen LogP contribution >= 0.6 is 0 Å². The highest BCUT2D eigenvalue weighted by atomic mass is 16.5. The number of carbonyl (C=O) groups is 2. The van der Waals surface area contributed by atoms with Crippen molar-refractivity contribution in [2.45, 2.75) is 12.5 Å². The van der Waals surface area contributed by atoms with Crippen molar-refractivity contribution in [2.75, 3.05) is 44.3 Å². The quantitative estimate of drug-likeness (QED) is 0.563. The highest BCUT2D eigenvalue weighted by molar-refractivity contribution is 6.22. The van der Waals surface area contributed by atoms with Gasteiger partial charge in [-0.05, 0) is 36.4 Å². The molecule has 30 heavy (non-hydrogen) atoms. The zero-order valence-electron chi connectivity index (χ0n) is 16.7. The maximum absolute atomic E-state index is 12.8. The summed E-state index contributed by atoms with van der Waals surface area (Å²) >= 11 is 0. The minimum absolute atomic E-state index is 0.178. The highest BCUT2D eigenvalue weighted by Gasteiger charge is 2.39. The Morgan fingerprint density at radius 2 is 1.60 bits per heavy atom. The number of hydrogen-bond acceptors (Lipinski definition) is 7. The lowest BCUT2D eigenvalue weighted by atomic mass is 10.2. The molecule has 156 valence electrons. The second-order valence-electron chi connectivity index (χ2n) is 7.28. The Hall–Kier alpha value is -2.94. The number of nitrogens with zero attached hydrogens (tertiary/aromatic N) is 4. The zero-order valence-corrected chi connectivity index (χ0v) is 16.7. The first-order valence-electron chi connectivity index (χ1n) is 10.2. The Balaban J connectivity index is 1.33. The molecule has 2 saturated heterocycles. The van der Waals surface area contributed by atoms with Crippen molar-refractivity contribution in [3.8, 4) is 0 Å². The van der Waals surface area contributed by atoms with Crippen LogP contribution in [0.5, 0.6) is 0 Å². The maximum Gasteiger partial charge on any atom is 0.251 e. The number of anilines is 1. The first-order chi connectivity index (χ1) is 14.7. The van der Waals surface area contributed by atoms with E-state index in [9.17, 15) is 9.59 Å². The molecule has 8 heteroatoms. The molecule has 1 N–H and O–H groups in total. The summed E-state index contributed by atoms with van der Waals surface area (Å²) in [5.74, 6) is -0.400. The molecule has 4 rings (SSSR count). The minimum atomic E-state index is -0.476. The van der Waals surface area contributed by atoms with Crippen molar-refractivity contribution in [2.24, 2.45) is 10.2 Å². The third-order valence-corrected chi connectivity index (χ3v) is 5.21. The van der Waals surface area contributed by atoms with E-state index < -0.39 is 6.04 Å². The number of benzene rings is 2. The van der Waals surface area contributed by atoms with E-state index in [1.807, 2.05) is 30.3 Å². The number of morpholine rings is 1. The predicted octanol–water partition coefficient (Wildman–Crippen LogP) is 2.66. The van der Waals surface area contributed by atoms with Crippen LogP contribution < -0.4 is 10.2 Å². The van der Waals surface area contributed by atoms with E-state index in [0.29, 0.717) is 17.9 Å². The summed E-state index contributed by atoms with van der Waals surface area (Å²) in [6, 6.07) is 15.9. The van der Waals surface area contributed by atoms with Crippen LogP contribution in [0.25, 0.3) is 0 Å². The van der Waals surface area contributed by atoms with Crippen molar-refractivity contribution < 1.29 is 14.3 Å². The zero-order chi connectivity index (χ0) is 20.8. The Kier molecular flexibility index (Phi) is 6.58. The average molecular weight is 407 g/mol. The van der Waals surface area contributed by atoms with Gasteiger partial charge < -0.3 is 10.1 Å². The maximum atomic E-state index is 12.8. The molecule has 2 fully saturated rings. The molecule has 2 aromatic carbocycles. The van der Waals surface area contributed by atoms with Crippen molar-refractivity contribution in [1.29, 1.82) is 0 Å². The number of azo groups is 1. The van der Waals surface area contributed by atoms with Crippen molar-refractivity contribution in [3.05, 3.63) is 54.6 Å². The molecule has 2 aliphatic rings. The van der Waals surface area contributed by atoms with Crippen LogP contribution in [-0.4, -0.2) is 62.1 Å². The van der Waals surface area contributed by atoms with Crippen LogP contribution in [0.1, 0.15) is 6.42 Å². The third-order valence-electron chi connectivity index (χ3n) is 5.21. The molecule has 2 aromatic rings. The van der Waals surface area contributed by atoms with Gasteiger partial charge >= 0.3 is 0 Å². The van der Waals surface area contributed by atoms with Crippen LogP contribution in [0.15, 0.2) is 64.8 Å². The summed E-state index contributed by atoms with van der Waals surface area (Å²) < 4.78 is 5.34. The average Bonchev–Trinajstić information content (AvgIpc) is 3.07. The molecule has 0 spiro atoms. The monoisotopic (exact) mass is 407 g/mol. The fourth-order valence-corrected chi connectivity index (χ4v) is 3.56. The van der Waals surface area contributed by atoms with Crippen LogP contribution in [0.2, 0.25) is 0 Å². The van der Waals surface area contributed by atoms with Crippen LogP contribution in [-0.2, 0) is 14.3 Å². The fraction of sp³-hybridized carbons (Fsp3) is 0.364. The second kappa shape index (κ2) is 9.71. The van der Waals surface area contributed by atoms with E-state index in [1.165, 1.54) is 4.90 Å². The second-order valence-corrected chi connectivity index (χ2v) is 7.28. The lowest BCUT2D eigenvalue weighted by Crippen LogP contribution is -2.44. The lowest BCUT2D eigenvalue weighted by Gasteiger charge is -2.27. The molecule has 0 aromatic heterocycles. The van der Waals surface area contributed by atoms with E-state index >= 15 is 0 Å². The van der Waals surface area contributed by atoms with Crippen molar-refractivity contribution in [3.63, 3.8) is 0 Å². The van der Waals surface area contributed by atoms with Gasteiger partial charge in [0.15, 0.2) is 0 Å². The van der Waals surface area contributed by atoms with Gasteiger partial charge in [-0.3, -0.25) is 14.5 Å². The van der Waals surface area contributed by atoms with Gasteiger partial charge in [-0.15, -0.1) is 0 Å². The van der Waals surface area contributed by atoms with Crippen LogP contribution in [0, 0.1) is 0 Å². The summed E-state index contributed by atoms with van der Waals surface area (Å²) in [6.45, 7) is 4.79. The number of hydrogen-bond donors (Lipinski definition) is 1. The molecule has 2 amide bonds. The lowest BCUT2D eigenvalue weighted by molar-refractivity contribution is -0.121. The van der Waals surface area contributed by atoms with Crippen LogP contribution in [0.4, 0.5) is 17.1 Å². The van der Waals surface area contributed by atoms with Gasteiger partial charge in [0.25, 0.3) is 5.91 Å². The third kappa shape index (κ3) is 4.96. The van der Waals surface area contributed by atoms with E-state index in [2.05, 4.69) is 20.4 Å². The minimum Gasteiger partial charge on any atom is -0.379 e. The van der Waals surface area contributed by atoms with E-state index in [4.69, 9.17) is 4.74 Å². The highest BCUT2D eigenvalue weighted by Crippen LogP contribution is 2.26. The molecule has 0 radical (unpaired) electrons. The molecule has 0 saturated carbocycles. The Morgan fingerprint density at radius 3 is 2.30 bits per heavy atom. The molecule has 0 aliphatic carbocycles. The Labute approximate surface area is 175 Å². The van der Waals surface area contributed by atoms with Crippen LogP contribution in [0.3, 0.4) is 0 Å². The van der Waals surface area contributed by atoms with Gasteiger partial charge in [0.2, 0.25) is 5.91 Å². The number of imide groups is 1. The van der Waals surface area contributed by atoms with Gasteiger partial charge in [-0.2, -0.15) is 10.2 Å². The van der Waals surface area contributed by atoms with Crippen molar-refractivity contribution >= 4 is 28.9 Å². The molecule has 1 atom stereocenters. The molecular formula is C22H25N5O3. The molecule has 0 bridgehead atoms. The molecule has 2 aliphatic heterocycles. The van der Waals surface area contributed by atoms with Crippen molar-refractivity contribution in [1.82, 2.24) is 10.2 Å². The Morgan fingerprint density at radius 1 is 0.933 bits per heavy atom. The number of rotatable bonds is 7.